The standard InChI is InChI=1S/C19H20FNO4/c1-2-3-11-25-18(22)14-9-10-16(21-19(23)24)15(17(14)20)12-13-7-5-4-6-8-13/h4-10,21H,2-3,11-12H2,1H3,(H,23,24). The molecule has 0 spiro atoms. The highest BCUT2D eigenvalue weighted by atomic mass is 19.1. The fourth-order valence-corrected chi connectivity index (χ4v) is 2.37. The van der Waals surface area contributed by atoms with Crippen LogP contribution in [0.25, 0.3) is 0 Å². The first-order valence-corrected chi connectivity index (χ1v) is 8.05. The largest absolute Gasteiger partial charge is 0.465 e. The molecule has 0 aliphatic rings. The number of esters is 1. The second-order valence-corrected chi connectivity index (χ2v) is 5.54. The van der Waals surface area contributed by atoms with Crippen molar-refractivity contribution < 1.29 is 23.8 Å². The minimum absolute atomic E-state index is 0.110. The minimum atomic E-state index is -1.30. The van der Waals surface area contributed by atoms with Crippen LogP contribution >= 0.6 is 0 Å². The Balaban J connectivity index is 2.36. The van der Waals surface area contributed by atoms with Crippen molar-refractivity contribution in [3.05, 3.63) is 65.0 Å². The maximum Gasteiger partial charge on any atom is 0.409 e. The van der Waals surface area contributed by atoms with E-state index in [9.17, 15) is 14.0 Å². The number of unbranched alkanes of at least 4 members (excludes halogenated alkanes) is 1. The van der Waals surface area contributed by atoms with Gasteiger partial charge in [0.25, 0.3) is 0 Å². The van der Waals surface area contributed by atoms with Crippen molar-refractivity contribution in [3.8, 4) is 0 Å². The number of carbonyl (C=O) groups is 2. The second-order valence-electron chi connectivity index (χ2n) is 5.54. The van der Waals surface area contributed by atoms with Crippen LogP contribution in [-0.4, -0.2) is 23.8 Å². The van der Waals surface area contributed by atoms with E-state index in [2.05, 4.69) is 5.32 Å². The number of carboxylic acid groups (broad SMARTS) is 1. The van der Waals surface area contributed by atoms with Gasteiger partial charge >= 0.3 is 12.1 Å². The van der Waals surface area contributed by atoms with Crippen LogP contribution in [-0.2, 0) is 11.2 Å². The molecule has 5 nitrogen and oxygen atoms in total. The number of ether oxygens (including phenoxy) is 1. The molecule has 0 aliphatic carbocycles. The van der Waals surface area contributed by atoms with Gasteiger partial charge in [-0.05, 0) is 24.1 Å². The number of benzene rings is 2. The number of hydrogen-bond acceptors (Lipinski definition) is 3. The summed E-state index contributed by atoms with van der Waals surface area (Å²) in [6.45, 7) is 2.18. The van der Waals surface area contributed by atoms with Crippen LogP contribution < -0.4 is 5.32 Å². The van der Waals surface area contributed by atoms with Gasteiger partial charge in [0.1, 0.15) is 5.82 Å². The number of nitrogens with one attached hydrogen (secondary N) is 1. The van der Waals surface area contributed by atoms with E-state index in [4.69, 9.17) is 9.84 Å². The Labute approximate surface area is 145 Å². The van der Waals surface area contributed by atoms with Crippen LogP contribution in [0.1, 0.15) is 41.3 Å². The van der Waals surface area contributed by atoms with Crippen molar-refractivity contribution in [3.63, 3.8) is 0 Å². The molecule has 0 unspecified atom stereocenters. The van der Waals surface area contributed by atoms with Gasteiger partial charge < -0.3 is 9.84 Å². The zero-order chi connectivity index (χ0) is 18.2. The van der Waals surface area contributed by atoms with Crippen molar-refractivity contribution in [1.29, 1.82) is 0 Å². The maximum absolute atomic E-state index is 14.9. The number of amides is 1. The molecule has 2 aromatic rings. The molecule has 0 aliphatic heterocycles. The molecule has 0 fully saturated rings. The normalized spacial score (nSPS) is 10.3. The Kier molecular flexibility index (Phi) is 6.51. The number of anilines is 1. The third kappa shape index (κ3) is 5.04. The number of rotatable bonds is 7. The summed E-state index contributed by atoms with van der Waals surface area (Å²) in [5.41, 5.74) is 0.821. The lowest BCUT2D eigenvalue weighted by Gasteiger charge is -2.14. The minimum Gasteiger partial charge on any atom is -0.465 e. The molecule has 25 heavy (non-hydrogen) atoms. The van der Waals surface area contributed by atoms with Gasteiger partial charge in [-0.2, -0.15) is 0 Å². The molecule has 6 heteroatoms. The lowest BCUT2D eigenvalue weighted by Crippen LogP contribution is -2.14. The Hall–Kier alpha value is -2.89. The predicted molar refractivity (Wildman–Crippen MR) is 92.5 cm³/mol. The lowest BCUT2D eigenvalue weighted by atomic mass is 9.99. The molecular formula is C19H20FNO4. The molecule has 1 amide bonds. The first-order chi connectivity index (χ1) is 12.0. The van der Waals surface area contributed by atoms with Gasteiger partial charge in [0, 0.05) is 12.0 Å². The Bertz CT molecular complexity index is 747. The van der Waals surface area contributed by atoms with Crippen LogP contribution in [0, 0.1) is 5.82 Å². The summed E-state index contributed by atoms with van der Waals surface area (Å²) in [7, 11) is 0. The van der Waals surface area contributed by atoms with E-state index in [1.165, 1.54) is 12.1 Å². The molecule has 0 radical (unpaired) electrons. The van der Waals surface area contributed by atoms with E-state index in [0.717, 1.165) is 12.0 Å². The van der Waals surface area contributed by atoms with Crippen molar-refractivity contribution in [2.45, 2.75) is 26.2 Å². The van der Waals surface area contributed by atoms with E-state index >= 15 is 0 Å². The van der Waals surface area contributed by atoms with Crippen LogP contribution in [0.2, 0.25) is 0 Å². The van der Waals surface area contributed by atoms with Gasteiger partial charge in [-0.3, -0.25) is 5.32 Å². The quantitative estimate of drug-likeness (QED) is 0.574. The van der Waals surface area contributed by atoms with Gasteiger partial charge in [0.05, 0.1) is 17.9 Å². The lowest BCUT2D eigenvalue weighted by molar-refractivity contribution is 0.0494. The molecule has 0 aromatic heterocycles. The summed E-state index contributed by atoms with van der Waals surface area (Å²) in [5.74, 6) is -1.52. The molecule has 2 N–H and O–H groups in total. The van der Waals surface area contributed by atoms with E-state index in [1.807, 2.05) is 13.0 Å². The van der Waals surface area contributed by atoms with Crippen molar-refractivity contribution >= 4 is 17.7 Å². The summed E-state index contributed by atoms with van der Waals surface area (Å²) in [6, 6.07) is 11.7. The Morgan fingerprint density at radius 2 is 1.88 bits per heavy atom. The summed E-state index contributed by atoms with van der Waals surface area (Å²) < 4.78 is 20.0. The molecule has 0 saturated carbocycles. The Morgan fingerprint density at radius 3 is 2.52 bits per heavy atom. The third-order valence-electron chi connectivity index (χ3n) is 3.66. The van der Waals surface area contributed by atoms with Crippen molar-refractivity contribution in [1.82, 2.24) is 0 Å². The number of halogens is 1. The summed E-state index contributed by atoms with van der Waals surface area (Å²) in [6.07, 6.45) is 0.407. The predicted octanol–water partition coefficient (Wildman–Crippen LogP) is 4.46. The number of carbonyl (C=O) groups excluding carboxylic acids is 1. The van der Waals surface area contributed by atoms with Crippen molar-refractivity contribution in [2.75, 3.05) is 11.9 Å². The van der Waals surface area contributed by atoms with Crippen LogP contribution in [0.3, 0.4) is 0 Å². The van der Waals surface area contributed by atoms with Gasteiger partial charge in [-0.15, -0.1) is 0 Å². The van der Waals surface area contributed by atoms with Crippen LogP contribution in [0.5, 0.6) is 0 Å². The van der Waals surface area contributed by atoms with Gasteiger partial charge in [-0.25, -0.2) is 14.0 Å². The zero-order valence-electron chi connectivity index (χ0n) is 13.9. The molecular weight excluding hydrogens is 325 g/mol. The fourth-order valence-electron chi connectivity index (χ4n) is 2.37. The van der Waals surface area contributed by atoms with E-state index in [1.54, 1.807) is 24.3 Å². The molecule has 0 bridgehead atoms. The monoisotopic (exact) mass is 345 g/mol. The molecule has 0 saturated heterocycles. The summed E-state index contributed by atoms with van der Waals surface area (Å²) in [5, 5.41) is 11.1. The van der Waals surface area contributed by atoms with Crippen LogP contribution in [0.4, 0.5) is 14.9 Å². The molecule has 2 aromatic carbocycles. The Morgan fingerprint density at radius 1 is 1.16 bits per heavy atom. The first-order valence-electron chi connectivity index (χ1n) is 8.05. The fraction of sp³-hybridized carbons (Fsp3) is 0.263. The van der Waals surface area contributed by atoms with Gasteiger partial charge in [0.15, 0.2) is 0 Å². The zero-order valence-corrected chi connectivity index (χ0v) is 13.9. The third-order valence-corrected chi connectivity index (χ3v) is 3.66. The summed E-state index contributed by atoms with van der Waals surface area (Å²) >= 11 is 0. The highest BCUT2D eigenvalue weighted by Gasteiger charge is 2.20. The SMILES string of the molecule is CCCCOC(=O)c1ccc(NC(=O)O)c(Cc2ccccc2)c1F. The van der Waals surface area contributed by atoms with E-state index < -0.39 is 17.9 Å². The van der Waals surface area contributed by atoms with Gasteiger partial charge in [-0.1, -0.05) is 43.7 Å². The van der Waals surface area contributed by atoms with E-state index in [-0.39, 0.29) is 29.8 Å². The average molecular weight is 345 g/mol. The molecule has 132 valence electrons. The average Bonchev–Trinajstić information content (AvgIpc) is 2.59. The highest BCUT2D eigenvalue weighted by Crippen LogP contribution is 2.26. The topological polar surface area (TPSA) is 75.6 Å². The second kappa shape index (κ2) is 8.82. The van der Waals surface area contributed by atoms with Crippen molar-refractivity contribution in [2.24, 2.45) is 0 Å². The maximum atomic E-state index is 14.9. The highest BCUT2D eigenvalue weighted by molar-refractivity contribution is 5.92. The van der Waals surface area contributed by atoms with E-state index in [0.29, 0.717) is 6.42 Å². The molecule has 0 atom stereocenters. The van der Waals surface area contributed by atoms with Crippen LogP contribution in [0.15, 0.2) is 42.5 Å². The molecule has 0 heterocycles. The number of hydrogen-bond donors (Lipinski definition) is 2. The summed E-state index contributed by atoms with van der Waals surface area (Å²) in [4.78, 5) is 23.0. The molecule has 2 rings (SSSR count). The van der Waals surface area contributed by atoms with Gasteiger partial charge in [0.2, 0.25) is 0 Å². The smallest absolute Gasteiger partial charge is 0.409 e. The first kappa shape index (κ1) is 18.4.